The van der Waals surface area contributed by atoms with Crippen molar-refractivity contribution in [2.75, 3.05) is 5.75 Å². The van der Waals surface area contributed by atoms with Gasteiger partial charge < -0.3 is 9.68 Å². The zero-order chi connectivity index (χ0) is 13.3. The van der Waals surface area contributed by atoms with Crippen molar-refractivity contribution in [3.8, 4) is 0 Å². The molecule has 0 saturated heterocycles. The van der Waals surface area contributed by atoms with Gasteiger partial charge in [-0.2, -0.15) is 0 Å². The van der Waals surface area contributed by atoms with Crippen LogP contribution in [0, 0.1) is 0 Å². The average molecular weight is 301 g/mol. The van der Waals surface area contributed by atoms with Crippen LogP contribution in [0.3, 0.4) is 0 Å². The lowest BCUT2D eigenvalue weighted by Crippen LogP contribution is -2.28. The number of hydrogen-bond donors (Lipinski definition) is 1. The summed E-state index contributed by atoms with van der Waals surface area (Å²) in [7, 11) is -1.78. The minimum absolute atomic E-state index is 0.454. The fourth-order valence-corrected chi connectivity index (χ4v) is 5.64. The van der Waals surface area contributed by atoms with E-state index in [2.05, 4.69) is 19.6 Å². The number of benzene rings is 1. The second-order valence-electron chi connectivity index (χ2n) is 5.80. The molecule has 1 aromatic carbocycles. The van der Waals surface area contributed by atoms with Crippen LogP contribution in [0.4, 0.5) is 0 Å². The fourth-order valence-electron chi connectivity index (χ4n) is 1.80. The minimum Gasteiger partial charge on any atom is -0.423 e. The molecule has 0 amide bonds. The molecule has 1 aliphatic heterocycles. The molecule has 1 heterocycles. The Kier molecular flexibility index (Phi) is 4.49. The predicted molar refractivity (Wildman–Crippen MR) is 82.7 cm³/mol. The van der Waals surface area contributed by atoms with Gasteiger partial charge in [0.2, 0.25) is 0 Å². The van der Waals surface area contributed by atoms with E-state index in [0.29, 0.717) is 6.61 Å². The normalized spacial score (nSPS) is 15.1. The van der Waals surface area contributed by atoms with Crippen molar-refractivity contribution in [2.45, 2.75) is 37.2 Å². The van der Waals surface area contributed by atoms with E-state index in [1.807, 2.05) is 12.1 Å². The van der Waals surface area contributed by atoms with E-state index in [1.54, 1.807) is 11.8 Å². The lowest BCUT2D eigenvalue weighted by atomic mass is 9.80. The Morgan fingerprint density at radius 3 is 2.83 bits per heavy atom. The summed E-state index contributed by atoms with van der Waals surface area (Å²) in [5, 5.41) is 10.5. The maximum atomic E-state index is 9.68. The van der Waals surface area contributed by atoms with Crippen LogP contribution in [0.15, 0.2) is 17.0 Å². The van der Waals surface area contributed by atoms with Gasteiger partial charge in [0.1, 0.15) is 0 Å². The lowest BCUT2D eigenvalue weighted by Gasteiger charge is -2.15. The van der Waals surface area contributed by atoms with Gasteiger partial charge in [0.05, 0.1) is 11.6 Å². The van der Waals surface area contributed by atoms with Crippen LogP contribution >= 0.6 is 23.4 Å². The highest BCUT2D eigenvalue weighted by Crippen LogP contribution is 2.30. The van der Waals surface area contributed by atoms with Crippen molar-refractivity contribution < 1.29 is 9.68 Å². The quantitative estimate of drug-likeness (QED) is 0.685. The molecule has 2 rings (SSSR count). The first kappa shape index (κ1) is 14.5. The molecule has 0 aliphatic carbocycles. The van der Waals surface area contributed by atoms with Gasteiger partial charge in [-0.3, -0.25) is 0 Å². The van der Waals surface area contributed by atoms with Crippen LogP contribution in [0.25, 0.3) is 0 Å². The van der Waals surface area contributed by atoms with Crippen LogP contribution in [-0.2, 0) is 11.3 Å². The minimum atomic E-state index is -1.00. The summed E-state index contributed by atoms with van der Waals surface area (Å²) in [4.78, 5) is 1.05. The topological polar surface area (TPSA) is 29.5 Å². The number of hydrogen-bond acceptors (Lipinski definition) is 3. The summed E-state index contributed by atoms with van der Waals surface area (Å²) >= 11 is 8.04. The van der Waals surface area contributed by atoms with E-state index in [1.165, 1.54) is 6.04 Å². The van der Waals surface area contributed by atoms with Crippen molar-refractivity contribution in [2.24, 2.45) is 0 Å². The molecule has 0 fully saturated rings. The van der Waals surface area contributed by atoms with Crippen molar-refractivity contribution in [3.05, 3.63) is 22.7 Å². The zero-order valence-electron chi connectivity index (χ0n) is 11.0. The third-order valence-electron chi connectivity index (χ3n) is 2.97. The highest BCUT2D eigenvalue weighted by Gasteiger charge is 2.28. The summed E-state index contributed by atoms with van der Waals surface area (Å²) in [6, 6.07) is 5.16. The summed E-state index contributed by atoms with van der Waals surface area (Å²) < 4.78 is 5.19. The first-order valence-corrected chi connectivity index (χ1v) is 11.2. The highest BCUT2D eigenvalue weighted by atomic mass is 35.5. The van der Waals surface area contributed by atoms with Crippen LogP contribution in [-0.4, -0.2) is 26.0 Å². The Hall–Kier alpha value is 0.0618. The number of thioether (sulfide) groups is 1. The van der Waals surface area contributed by atoms with E-state index in [-0.39, 0.29) is 0 Å². The molecule has 1 aliphatic rings. The SMILES string of the molecule is C[Si](C)(C)CCSc1cc2c(cc1Cl)COB2O. The van der Waals surface area contributed by atoms with Gasteiger partial charge in [-0.15, -0.1) is 11.8 Å². The van der Waals surface area contributed by atoms with Crippen molar-refractivity contribution in [3.63, 3.8) is 0 Å². The largest absolute Gasteiger partial charge is 0.491 e. The van der Waals surface area contributed by atoms with E-state index in [0.717, 1.165) is 26.7 Å². The maximum absolute atomic E-state index is 9.68. The molecule has 1 aromatic rings. The molecule has 98 valence electrons. The Morgan fingerprint density at radius 2 is 2.17 bits per heavy atom. The van der Waals surface area contributed by atoms with Crippen LogP contribution < -0.4 is 5.46 Å². The number of fused-ring (bicyclic) bond motifs is 1. The molecule has 0 unspecified atom stereocenters. The maximum Gasteiger partial charge on any atom is 0.491 e. The Morgan fingerprint density at radius 1 is 1.44 bits per heavy atom. The molecule has 0 atom stereocenters. The molecule has 0 radical (unpaired) electrons. The van der Waals surface area contributed by atoms with Crippen molar-refractivity contribution in [1.82, 2.24) is 0 Å². The number of halogens is 1. The Balaban J connectivity index is 2.07. The molecule has 0 saturated carbocycles. The van der Waals surface area contributed by atoms with Gasteiger partial charge in [-0.1, -0.05) is 31.2 Å². The first-order valence-electron chi connectivity index (χ1n) is 6.11. The fraction of sp³-hybridized carbons (Fsp3) is 0.500. The van der Waals surface area contributed by atoms with Crippen LogP contribution in [0.1, 0.15) is 5.56 Å². The van der Waals surface area contributed by atoms with Crippen molar-refractivity contribution in [1.29, 1.82) is 0 Å². The molecule has 0 aromatic heterocycles. The van der Waals surface area contributed by atoms with Gasteiger partial charge >= 0.3 is 7.12 Å². The van der Waals surface area contributed by atoms with E-state index >= 15 is 0 Å². The van der Waals surface area contributed by atoms with Gasteiger partial charge in [0, 0.05) is 13.0 Å². The third kappa shape index (κ3) is 3.54. The molecule has 2 nitrogen and oxygen atoms in total. The average Bonchev–Trinajstić information content (AvgIpc) is 2.59. The molecular weight excluding hydrogens is 283 g/mol. The van der Waals surface area contributed by atoms with Gasteiger partial charge in [-0.05, 0) is 35.0 Å². The summed E-state index contributed by atoms with van der Waals surface area (Å²) in [5.41, 5.74) is 1.87. The van der Waals surface area contributed by atoms with Crippen LogP contribution in [0.5, 0.6) is 0 Å². The monoisotopic (exact) mass is 300 g/mol. The summed E-state index contributed by atoms with van der Waals surface area (Å²) in [6.07, 6.45) is 0. The third-order valence-corrected chi connectivity index (χ3v) is 6.56. The van der Waals surface area contributed by atoms with Crippen molar-refractivity contribution >= 4 is 44.0 Å². The second kappa shape index (κ2) is 5.59. The summed E-state index contributed by atoms with van der Waals surface area (Å²) in [5.74, 6) is 1.09. The standard InChI is InChI=1S/C12H18BClO2SSi/c1-18(2,3)5-4-17-12-7-10-9(6-11(12)14)8-16-13(10)15/h6-7,15H,4-5,8H2,1-3H3. The Bertz CT molecular complexity index is 450. The highest BCUT2D eigenvalue weighted by molar-refractivity contribution is 7.99. The zero-order valence-corrected chi connectivity index (χ0v) is 13.6. The van der Waals surface area contributed by atoms with E-state index < -0.39 is 15.2 Å². The van der Waals surface area contributed by atoms with Gasteiger partial charge in [0.25, 0.3) is 0 Å². The molecule has 0 spiro atoms. The molecular formula is C12H18BClO2SSi. The summed E-state index contributed by atoms with van der Waals surface area (Å²) in [6.45, 7) is 7.57. The molecule has 0 bridgehead atoms. The smallest absolute Gasteiger partial charge is 0.423 e. The molecule has 18 heavy (non-hydrogen) atoms. The van der Waals surface area contributed by atoms with E-state index in [9.17, 15) is 5.02 Å². The van der Waals surface area contributed by atoms with Crippen LogP contribution in [0.2, 0.25) is 30.7 Å². The van der Waals surface area contributed by atoms with E-state index in [4.69, 9.17) is 16.3 Å². The molecule has 6 heteroatoms. The van der Waals surface area contributed by atoms with Gasteiger partial charge in [-0.25, -0.2) is 0 Å². The second-order valence-corrected chi connectivity index (χ2v) is 13.0. The number of rotatable bonds is 4. The predicted octanol–water partition coefficient (Wildman–Crippen LogP) is 2.99. The van der Waals surface area contributed by atoms with Gasteiger partial charge in [0.15, 0.2) is 0 Å². The first-order chi connectivity index (χ1) is 8.37. The Labute approximate surface area is 119 Å². The lowest BCUT2D eigenvalue weighted by molar-refractivity contribution is 0.275. The molecule has 1 N–H and O–H groups in total.